The largest absolute Gasteiger partial charge is 0.469 e. The van der Waals surface area contributed by atoms with Crippen LogP contribution in [0.15, 0.2) is 51.1 Å². The summed E-state index contributed by atoms with van der Waals surface area (Å²) in [6.07, 6.45) is 1.64. The number of benzene rings is 1. The maximum atomic E-state index is 12.8. The summed E-state index contributed by atoms with van der Waals surface area (Å²) in [7, 11) is 1.90. The first-order valence-corrected chi connectivity index (χ1v) is 10.2. The van der Waals surface area contributed by atoms with Gasteiger partial charge in [0.2, 0.25) is 5.91 Å². The first-order valence-electron chi connectivity index (χ1n) is 8.24. The summed E-state index contributed by atoms with van der Waals surface area (Å²) in [5.41, 5.74) is 1.92. The Kier molecular flexibility index (Phi) is 4.78. The number of furan rings is 1. The lowest BCUT2D eigenvalue weighted by Crippen LogP contribution is -2.36. The maximum absolute atomic E-state index is 12.8. The molecule has 0 atom stereocenters. The second-order valence-corrected chi connectivity index (χ2v) is 7.99. The second-order valence-electron chi connectivity index (χ2n) is 5.91. The average Bonchev–Trinajstić information content (AvgIpc) is 3.24. The van der Waals surface area contributed by atoms with E-state index >= 15 is 0 Å². The molecule has 6 nitrogen and oxygen atoms in total. The number of fused-ring (bicyclic) bond motifs is 1. The SMILES string of the molecule is Cc1occc1-c1nnc(SCC(=O)N2CCSc3ccccc32)n1C. The predicted molar refractivity (Wildman–Crippen MR) is 104 cm³/mol. The Morgan fingerprint density at radius 1 is 1.31 bits per heavy atom. The zero-order chi connectivity index (χ0) is 18.1. The molecule has 1 aromatic carbocycles. The van der Waals surface area contributed by atoms with E-state index in [1.54, 1.807) is 18.0 Å². The third-order valence-corrected chi connectivity index (χ3v) is 6.34. The minimum atomic E-state index is 0.0896. The summed E-state index contributed by atoms with van der Waals surface area (Å²) < 4.78 is 7.24. The molecule has 1 amide bonds. The number of hydrogen-bond donors (Lipinski definition) is 0. The number of carbonyl (C=O) groups is 1. The van der Waals surface area contributed by atoms with Gasteiger partial charge in [-0.25, -0.2) is 0 Å². The van der Waals surface area contributed by atoms with Gasteiger partial charge in [0.25, 0.3) is 0 Å². The Bertz CT molecular complexity index is 950. The second kappa shape index (κ2) is 7.20. The Labute approximate surface area is 160 Å². The molecule has 0 bridgehead atoms. The molecule has 26 heavy (non-hydrogen) atoms. The Morgan fingerprint density at radius 2 is 2.15 bits per heavy atom. The van der Waals surface area contributed by atoms with E-state index in [0.717, 1.165) is 40.0 Å². The smallest absolute Gasteiger partial charge is 0.237 e. The molecule has 1 aliphatic heterocycles. The Morgan fingerprint density at radius 3 is 2.96 bits per heavy atom. The lowest BCUT2D eigenvalue weighted by Gasteiger charge is -2.28. The Balaban J connectivity index is 1.48. The zero-order valence-corrected chi connectivity index (χ0v) is 16.1. The van der Waals surface area contributed by atoms with E-state index in [1.807, 2.05) is 47.7 Å². The van der Waals surface area contributed by atoms with Gasteiger partial charge in [0.1, 0.15) is 5.76 Å². The molecule has 0 fully saturated rings. The van der Waals surface area contributed by atoms with E-state index in [4.69, 9.17) is 4.42 Å². The third kappa shape index (κ3) is 3.14. The zero-order valence-electron chi connectivity index (χ0n) is 14.5. The molecule has 0 spiro atoms. The Hall–Kier alpha value is -2.19. The maximum Gasteiger partial charge on any atom is 0.237 e. The van der Waals surface area contributed by atoms with Gasteiger partial charge in [-0.3, -0.25) is 4.79 Å². The van der Waals surface area contributed by atoms with Crippen molar-refractivity contribution in [1.82, 2.24) is 14.8 Å². The average molecular weight is 387 g/mol. The molecule has 0 radical (unpaired) electrons. The van der Waals surface area contributed by atoms with Gasteiger partial charge in [-0.1, -0.05) is 23.9 Å². The van der Waals surface area contributed by atoms with Crippen molar-refractivity contribution in [2.45, 2.75) is 17.0 Å². The highest BCUT2D eigenvalue weighted by Crippen LogP contribution is 2.35. The van der Waals surface area contributed by atoms with Crippen molar-refractivity contribution in [2.24, 2.45) is 7.05 Å². The summed E-state index contributed by atoms with van der Waals surface area (Å²) in [5, 5.41) is 9.20. The van der Waals surface area contributed by atoms with Gasteiger partial charge in [0, 0.05) is 24.2 Å². The molecule has 3 aromatic rings. The van der Waals surface area contributed by atoms with Crippen LogP contribution < -0.4 is 4.90 Å². The number of carbonyl (C=O) groups excluding carboxylic acids is 1. The van der Waals surface area contributed by atoms with Crippen LogP contribution in [0.5, 0.6) is 0 Å². The molecule has 0 unspecified atom stereocenters. The minimum absolute atomic E-state index is 0.0896. The van der Waals surface area contributed by atoms with Crippen molar-refractivity contribution in [1.29, 1.82) is 0 Å². The van der Waals surface area contributed by atoms with Gasteiger partial charge in [-0.15, -0.1) is 22.0 Å². The first-order chi connectivity index (χ1) is 12.6. The van der Waals surface area contributed by atoms with E-state index in [9.17, 15) is 4.79 Å². The van der Waals surface area contributed by atoms with Crippen LogP contribution in [0.2, 0.25) is 0 Å². The van der Waals surface area contributed by atoms with Crippen molar-refractivity contribution >= 4 is 35.1 Å². The van der Waals surface area contributed by atoms with Crippen LogP contribution in [0.4, 0.5) is 5.69 Å². The number of anilines is 1. The molecular formula is C18H18N4O2S2. The van der Waals surface area contributed by atoms with Crippen LogP contribution in [-0.4, -0.2) is 38.7 Å². The molecule has 0 aliphatic carbocycles. The van der Waals surface area contributed by atoms with Crippen LogP contribution in [0.1, 0.15) is 5.76 Å². The quantitative estimate of drug-likeness (QED) is 0.638. The minimum Gasteiger partial charge on any atom is -0.469 e. The third-order valence-electron chi connectivity index (χ3n) is 4.29. The van der Waals surface area contributed by atoms with Gasteiger partial charge in [-0.05, 0) is 25.1 Å². The molecule has 0 N–H and O–H groups in total. The van der Waals surface area contributed by atoms with Crippen LogP contribution in [0.25, 0.3) is 11.4 Å². The van der Waals surface area contributed by atoms with Crippen LogP contribution in [0.3, 0.4) is 0 Å². The molecule has 1 aliphatic rings. The molecule has 0 saturated heterocycles. The van der Waals surface area contributed by atoms with E-state index < -0.39 is 0 Å². The van der Waals surface area contributed by atoms with Crippen LogP contribution in [-0.2, 0) is 11.8 Å². The summed E-state index contributed by atoms with van der Waals surface area (Å²) in [6.45, 7) is 2.63. The van der Waals surface area contributed by atoms with Gasteiger partial charge >= 0.3 is 0 Å². The number of nitrogens with zero attached hydrogens (tertiary/aromatic N) is 4. The molecule has 134 valence electrons. The van der Waals surface area contributed by atoms with Crippen LogP contribution in [0, 0.1) is 6.92 Å². The molecule has 3 heterocycles. The summed E-state index contributed by atoms with van der Waals surface area (Å²) in [6, 6.07) is 9.93. The summed E-state index contributed by atoms with van der Waals surface area (Å²) in [4.78, 5) is 15.8. The lowest BCUT2D eigenvalue weighted by molar-refractivity contribution is -0.116. The van der Waals surface area contributed by atoms with E-state index in [2.05, 4.69) is 16.3 Å². The van der Waals surface area contributed by atoms with Crippen LogP contribution >= 0.6 is 23.5 Å². The number of aryl methyl sites for hydroxylation is 1. The van der Waals surface area contributed by atoms with Gasteiger partial charge in [-0.2, -0.15) is 0 Å². The fourth-order valence-electron chi connectivity index (χ4n) is 2.92. The topological polar surface area (TPSA) is 64.2 Å². The molecule has 4 rings (SSSR count). The van der Waals surface area contributed by atoms with Gasteiger partial charge in [0.05, 0.1) is 23.3 Å². The molecular weight excluding hydrogens is 368 g/mol. The first kappa shape index (κ1) is 17.2. The predicted octanol–water partition coefficient (Wildman–Crippen LogP) is 3.61. The number of rotatable bonds is 4. The standard InChI is InChI=1S/C18H18N4O2S2/c1-12-13(7-9-24-12)17-19-20-18(21(17)2)26-11-16(23)22-8-10-25-15-6-4-3-5-14(15)22/h3-7,9H,8,10-11H2,1-2H3. The molecule has 2 aromatic heterocycles. The fraction of sp³-hybridized carbons (Fsp3) is 0.278. The fourth-order valence-corrected chi connectivity index (χ4v) is 4.71. The molecule has 0 saturated carbocycles. The normalized spacial score (nSPS) is 13.7. The lowest BCUT2D eigenvalue weighted by atomic mass is 10.2. The van der Waals surface area contributed by atoms with E-state index in [0.29, 0.717) is 10.9 Å². The summed E-state index contributed by atoms with van der Waals surface area (Å²) >= 11 is 3.20. The van der Waals surface area contributed by atoms with Crippen molar-refractivity contribution < 1.29 is 9.21 Å². The number of hydrogen-bond acceptors (Lipinski definition) is 6. The van der Waals surface area contributed by atoms with Gasteiger partial charge < -0.3 is 13.9 Å². The number of thioether (sulfide) groups is 2. The van der Waals surface area contributed by atoms with Crippen molar-refractivity contribution in [3.8, 4) is 11.4 Å². The number of para-hydroxylation sites is 1. The van der Waals surface area contributed by atoms with E-state index in [1.165, 1.54) is 11.8 Å². The number of amides is 1. The highest BCUT2D eigenvalue weighted by molar-refractivity contribution is 8.00. The summed E-state index contributed by atoms with van der Waals surface area (Å²) in [5.74, 6) is 2.88. The van der Waals surface area contributed by atoms with Gasteiger partial charge in [0.15, 0.2) is 11.0 Å². The molecule has 8 heteroatoms. The van der Waals surface area contributed by atoms with Crippen molar-refractivity contribution in [2.75, 3.05) is 23.0 Å². The highest BCUT2D eigenvalue weighted by Gasteiger charge is 2.23. The van der Waals surface area contributed by atoms with Crippen molar-refractivity contribution in [3.05, 3.63) is 42.4 Å². The van der Waals surface area contributed by atoms with Crippen molar-refractivity contribution in [3.63, 3.8) is 0 Å². The highest BCUT2D eigenvalue weighted by atomic mass is 32.2. The van der Waals surface area contributed by atoms with E-state index in [-0.39, 0.29) is 5.91 Å². The number of aromatic nitrogens is 3. The monoisotopic (exact) mass is 386 g/mol.